The van der Waals surface area contributed by atoms with E-state index < -0.39 is 17.3 Å². The number of nitrogens with zero attached hydrogens (tertiary/aromatic N) is 1. The standard InChI is InChI=1S/C17H20FNO3/c18-14-6-1-5-13(10-14)17(7-3-8-17)16(22)19-9-2-4-12(11-19)15(20)21/h1,5-6,10,12H,2-4,7-9,11H2,(H,20,21)/t12-/m1/s1. The zero-order chi connectivity index (χ0) is 15.7. The number of carboxylic acids is 1. The summed E-state index contributed by atoms with van der Waals surface area (Å²) >= 11 is 0. The van der Waals surface area contributed by atoms with Crippen LogP contribution in [0.3, 0.4) is 0 Å². The van der Waals surface area contributed by atoms with Gasteiger partial charge in [0.05, 0.1) is 11.3 Å². The Morgan fingerprint density at radius 3 is 2.64 bits per heavy atom. The van der Waals surface area contributed by atoms with E-state index in [9.17, 15) is 19.1 Å². The molecule has 0 radical (unpaired) electrons. The second-order valence-electron chi connectivity index (χ2n) is 6.37. The molecule has 5 heteroatoms. The number of carbonyl (C=O) groups is 2. The van der Waals surface area contributed by atoms with E-state index in [1.807, 2.05) is 0 Å². The van der Waals surface area contributed by atoms with E-state index in [1.165, 1.54) is 12.1 Å². The van der Waals surface area contributed by atoms with E-state index in [2.05, 4.69) is 0 Å². The van der Waals surface area contributed by atoms with Gasteiger partial charge in [-0.25, -0.2) is 4.39 Å². The maximum absolute atomic E-state index is 13.5. The number of piperidine rings is 1. The highest BCUT2D eigenvalue weighted by Crippen LogP contribution is 2.45. The second kappa shape index (κ2) is 5.71. The van der Waals surface area contributed by atoms with E-state index in [-0.39, 0.29) is 18.3 Å². The molecule has 0 unspecified atom stereocenters. The van der Waals surface area contributed by atoms with Crippen molar-refractivity contribution in [2.24, 2.45) is 5.92 Å². The number of hydrogen-bond donors (Lipinski definition) is 1. The molecule has 1 aliphatic carbocycles. The molecule has 2 aliphatic rings. The molecule has 1 aliphatic heterocycles. The van der Waals surface area contributed by atoms with Crippen molar-refractivity contribution in [2.45, 2.75) is 37.5 Å². The molecule has 1 aromatic carbocycles. The Labute approximate surface area is 128 Å². The predicted octanol–water partition coefficient (Wildman–Crippen LogP) is 2.57. The maximum Gasteiger partial charge on any atom is 0.308 e. The zero-order valence-electron chi connectivity index (χ0n) is 12.4. The summed E-state index contributed by atoms with van der Waals surface area (Å²) in [7, 11) is 0. The minimum atomic E-state index is -0.842. The molecule has 0 aromatic heterocycles. The summed E-state index contributed by atoms with van der Waals surface area (Å²) in [5.74, 6) is -1.69. The van der Waals surface area contributed by atoms with Crippen LogP contribution in [-0.2, 0) is 15.0 Å². The van der Waals surface area contributed by atoms with Crippen LogP contribution in [0.15, 0.2) is 24.3 Å². The van der Waals surface area contributed by atoms with E-state index in [1.54, 1.807) is 17.0 Å². The van der Waals surface area contributed by atoms with Crippen molar-refractivity contribution in [1.29, 1.82) is 0 Å². The zero-order valence-corrected chi connectivity index (χ0v) is 12.4. The van der Waals surface area contributed by atoms with Gasteiger partial charge < -0.3 is 10.0 Å². The first-order chi connectivity index (χ1) is 10.5. The normalized spacial score (nSPS) is 23.7. The molecule has 2 fully saturated rings. The van der Waals surface area contributed by atoms with E-state index in [0.29, 0.717) is 32.2 Å². The van der Waals surface area contributed by atoms with Gasteiger partial charge in [-0.3, -0.25) is 9.59 Å². The molecule has 1 N–H and O–H groups in total. The number of carbonyl (C=O) groups excluding carboxylic acids is 1. The third-order valence-corrected chi connectivity index (χ3v) is 5.05. The minimum absolute atomic E-state index is 0.0321. The van der Waals surface area contributed by atoms with Gasteiger partial charge in [0.25, 0.3) is 0 Å². The van der Waals surface area contributed by atoms with Crippen LogP contribution in [0.1, 0.15) is 37.7 Å². The van der Waals surface area contributed by atoms with Crippen LogP contribution in [-0.4, -0.2) is 35.0 Å². The maximum atomic E-state index is 13.5. The molecule has 1 amide bonds. The number of rotatable bonds is 3. The van der Waals surface area contributed by atoms with E-state index in [4.69, 9.17) is 0 Å². The molecule has 0 spiro atoms. The van der Waals surface area contributed by atoms with E-state index in [0.717, 1.165) is 12.0 Å². The number of hydrogen-bond acceptors (Lipinski definition) is 2. The van der Waals surface area contributed by atoms with Crippen molar-refractivity contribution >= 4 is 11.9 Å². The summed E-state index contributed by atoms with van der Waals surface area (Å²) in [6, 6.07) is 6.25. The van der Waals surface area contributed by atoms with Crippen LogP contribution in [0.4, 0.5) is 4.39 Å². The Bertz CT molecular complexity index is 597. The van der Waals surface area contributed by atoms with Crippen molar-refractivity contribution in [2.75, 3.05) is 13.1 Å². The Kier molecular flexibility index (Phi) is 3.89. The molecule has 1 aromatic rings. The fraction of sp³-hybridized carbons (Fsp3) is 0.529. The second-order valence-corrected chi connectivity index (χ2v) is 6.37. The molecule has 1 heterocycles. The van der Waals surface area contributed by atoms with Crippen molar-refractivity contribution in [3.63, 3.8) is 0 Å². The van der Waals surface area contributed by atoms with Crippen molar-refractivity contribution in [1.82, 2.24) is 4.90 Å². The summed E-state index contributed by atoms with van der Waals surface area (Å²) < 4.78 is 13.5. The Hall–Kier alpha value is -1.91. The van der Waals surface area contributed by atoms with Crippen LogP contribution < -0.4 is 0 Å². The average Bonchev–Trinajstić information content (AvgIpc) is 2.46. The molecule has 1 saturated heterocycles. The lowest BCUT2D eigenvalue weighted by molar-refractivity contribution is -0.149. The van der Waals surface area contributed by atoms with Gasteiger partial charge in [-0.15, -0.1) is 0 Å². The molecule has 22 heavy (non-hydrogen) atoms. The molecule has 0 bridgehead atoms. The first-order valence-electron chi connectivity index (χ1n) is 7.81. The van der Waals surface area contributed by atoms with Crippen molar-refractivity contribution < 1.29 is 19.1 Å². The number of amides is 1. The van der Waals surface area contributed by atoms with Crippen molar-refractivity contribution in [3.05, 3.63) is 35.6 Å². The number of benzene rings is 1. The van der Waals surface area contributed by atoms with Crippen LogP contribution in [0, 0.1) is 11.7 Å². The fourth-order valence-electron chi connectivity index (χ4n) is 3.61. The molecule has 1 saturated carbocycles. The van der Waals surface area contributed by atoms with Gasteiger partial charge in [-0.1, -0.05) is 18.6 Å². The summed E-state index contributed by atoms with van der Waals surface area (Å²) in [4.78, 5) is 25.8. The van der Waals surface area contributed by atoms with Crippen LogP contribution >= 0.6 is 0 Å². The van der Waals surface area contributed by atoms with Gasteiger partial charge in [0.1, 0.15) is 5.82 Å². The number of carboxylic acid groups (broad SMARTS) is 1. The molecular weight excluding hydrogens is 285 g/mol. The van der Waals surface area contributed by atoms with Crippen LogP contribution in [0.25, 0.3) is 0 Å². The summed E-state index contributed by atoms with van der Waals surface area (Å²) in [5, 5.41) is 9.18. The molecule has 118 valence electrons. The van der Waals surface area contributed by atoms with Crippen LogP contribution in [0.5, 0.6) is 0 Å². The summed E-state index contributed by atoms with van der Waals surface area (Å²) in [6.07, 6.45) is 3.69. The third-order valence-electron chi connectivity index (χ3n) is 5.05. The topological polar surface area (TPSA) is 57.6 Å². The van der Waals surface area contributed by atoms with Crippen molar-refractivity contribution in [3.8, 4) is 0 Å². The summed E-state index contributed by atoms with van der Waals surface area (Å²) in [6.45, 7) is 0.866. The Morgan fingerprint density at radius 2 is 2.05 bits per heavy atom. The molecule has 4 nitrogen and oxygen atoms in total. The van der Waals surface area contributed by atoms with Gasteiger partial charge in [0, 0.05) is 13.1 Å². The lowest BCUT2D eigenvalue weighted by Gasteiger charge is -2.45. The van der Waals surface area contributed by atoms with Gasteiger partial charge in [0.15, 0.2) is 0 Å². The number of aliphatic carboxylic acids is 1. The third kappa shape index (κ3) is 2.49. The molecular formula is C17H20FNO3. The number of likely N-dealkylation sites (tertiary alicyclic amines) is 1. The fourth-order valence-corrected chi connectivity index (χ4v) is 3.61. The Balaban J connectivity index is 1.84. The Morgan fingerprint density at radius 1 is 1.27 bits per heavy atom. The van der Waals surface area contributed by atoms with Gasteiger partial charge in [0.2, 0.25) is 5.91 Å². The molecule has 3 rings (SSSR count). The highest BCUT2D eigenvalue weighted by atomic mass is 19.1. The van der Waals surface area contributed by atoms with E-state index >= 15 is 0 Å². The first-order valence-corrected chi connectivity index (χ1v) is 7.81. The number of halogens is 1. The first kappa shape index (κ1) is 15.0. The smallest absolute Gasteiger partial charge is 0.308 e. The molecule has 1 atom stereocenters. The van der Waals surface area contributed by atoms with Gasteiger partial charge in [-0.05, 0) is 43.4 Å². The lowest BCUT2D eigenvalue weighted by atomic mass is 9.63. The highest BCUT2D eigenvalue weighted by molar-refractivity contribution is 5.89. The predicted molar refractivity (Wildman–Crippen MR) is 78.9 cm³/mol. The minimum Gasteiger partial charge on any atom is -0.481 e. The lowest BCUT2D eigenvalue weighted by Crippen LogP contribution is -2.54. The average molecular weight is 305 g/mol. The quantitative estimate of drug-likeness (QED) is 0.933. The monoisotopic (exact) mass is 305 g/mol. The SMILES string of the molecule is O=C(O)[C@@H]1CCCN(C(=O)C2(c3cccc(F)c3)CCC2)C1. The van der Waals surface area contributed by atoms with Gasteiger partial charge >= 0.3 is 5.97 Å². The highest BCUT2D eigenvalue weighted by Gasteiger charge is 2.48. The largest absolute Gasteiger partial charge is 0.481 e. The van der Waals surface area contributed by atoms with Crippen LogP contribution in [0.2, 0.25) is 0 Å². The summed E-state index contributed by atoms with van der Waals surface area (Å²) in [5.41, 5.74) is 0.0730. The van der Waals surface area contributed by atoms with Gasteiger partial charge in [-0.2, -0.15) is 0 Å².